The van der Waals surface area contributed by atoms with Gasteiger partial charge in [-0.3, -0.25) is 4.79 Å². The highest BCUT2D eigenvalue weighted by molar-refractivity contribution is 7.90. The lowest BCUT2D eigenvalue weighted by atomic mass is 9.95. The van der Waals surface area contributed by atoms with Crippen LogP contribution in [0.15, 0.2) is 47.6 Å². The quantitative estimate of drug-likeness (QED) is 0.308. The minimum absolute atomic E-state index is 0.170. The van der Waals surface area contributed by atoms with Crippen molar-refractivity contribution in [3.8, 4) is 11.7 Å². The van der Waals surface area contributed by atoms with E-state index in [0.717, 1.165) is 69.1 Å². The van der Waals surface area contributed by atoms with Crippen LogP contribution >= 0.6 is 0 Å². The van der Waals surface area contributed by atoms with Crippen molar-refractivity contribution in [2.24, 2.45) is 17.8 Å². The summed E-state index contributed by atoms with van der Waals surface area (Å²) in [5.74, 6) is 3.82. The molecule has 1 saturated heterocycles. The fourth-order valence-electron chi connectivity index (χ4n) is 7.61. The molecule has 3 aromatic rings. The number of hydrogen-bond acceptors (Lipinski definition) is 9. The Kier molecular flexibility index (Phi) is 8.88. The monoisotopic (exact) mass is 661 g/mol. The molecule has 2 N–H and O–H groups in total. The maximum Gasteiger partial charge on any atom is 0.281 e. The van der Waals surface area contributed by atoms with Gasteiger partial charge in [-0.1, -0.05) is 25.3 Å². The number of nitrogens with one attached hydrogen (secondary N) is 2. The van der Waals surface area contributed by atoms with Gasteiger partial charge in [0.15, 0.2) is 10.8 Å². The lowest BCUT2D eigenvalue weighted by Crippen LogP contribution is -2.45. The summed E-state index contributed by atoms with van der Waals surface area (Å²) < 4.78 is 36.9. The second-order valence-electron chi connectivity index (χ2n) is 14.4. The smallest absolute Gasteiger partial charge is 0.281 e. The molecular formula is C35H47N7O4S. The van der Waals surface area contributed by atoms with Gasteiger partial charge in [-0.05, 0) is 114 Å². The van der Waals surface area contributed by atoms with Crippen LogP contribution in [0.4, 0.5) is 11.6 Å². The molecule has 0 spiro atoms. The molecule has 1 amide bonds. The predicted molar refractivity (Wildman–Crippen MR) is 180 cm³/mol. The Bertz CT molecular complexity index is 1690. The van der Waals surface area contributed by atoms with E-state index in [2.05, 4.69) is 38.9 Å². The fraction of sp³-hybridized carbons (Fsp3) is 0.600. The van der Waals surface area contributed by atoms with Crippen LogP contribution in [0, 0.1) is 17.8 Å². The third-order valence-electron chi connectivity index (χ3n) is 10.4. The van der Waals surface area contributed by atoms with Crippen molar-refractivity contribution in [1.29, 1.82) is 0 Å². The van der Waals surface area contributed by atoms with Crippen molar-refractivity contribution in [2.45, 2.75) is 108 Å². The normalized spacial score (nSPS) is 22.9. The van der Waals surface area contributed by atoms with Crippen molar-refractivity contribution in [1.82, 2.24) is 24.5 Å². The molecule has 2 bridgehead atoms. The first-order valence-electron chi connectivity index (χ1n) is 17.5. The Morgan fingerprint density at radius 2 is 1.74 bits per heavy atom. The average molecular weight is 662 g/mol. The van der Waals surface area contributed by atoms with Gasteiger partial charge < -0.3 is 15.0 Å². The van der Waals surface area contributed by atoms with E-state index in [-0.39, 0.29) is 22.2 Å². The Morgan fingerprint density at radius 1 is 0.957 bits per heavy atom. The SMILES string of the molecule is CC1(C)CCC2CCCCCCNc3cccc(n3)S(=O)(=O)NC(=O)c3ccc(-n4ccc(OCCC(C5CC5)C5CC5)n4)nc3N21. The molecule has 2 aliphatic heterocycles. The zero-order valence-electron chi connectivity index (χ0n) is 27.5. The Balaban J connectivity index is 1.18. The van der Waals surface area contributed by atoms with Gasteiger partial charge >= 0.3 is 0 Å². The summed E-state index contributed by atoms with van der Waals surface area (Å²) in [6, 6.07) is 10.1. The van der Waals surface area contributed by atoms with Crippen molar-refractivity contribution < 1.29 is 17.9 Å². The number of rotatable bonds is 7. The number of ether oxygens (including phenoxy) is 1. The second kappa shape index (κ2) is 13.1. The van der Waals surface area contributed by atoms with Crippen molar-refractivity contribution in [3.05, 3.63) is 48.2 Å². The zero-order chi connectivity index (χ0) is 32.6. The molecule has 0 aromatic carbocycles. The number of hydrogen-bond donors (Lipinski definition) is 2. The van der Waals surface area contributed by atoms with Gasteiger partial charge in [0.2, 0.25) is 5.88 Å². The molecule has 5 heterocycles. The van der Waals surface area contributed by atoms with E-state index < -0.39 is 15.9 Å². The largest absolute Gasteiger partial charge is 0.477 e. The fourth-order valence-corrected chi connectivity index (χ4v) is 8.54. The number of anilines is 2. The Labute approximate surface area is 277 Å². The lowest BCUT2D eigenvalue weighted by Gasteiger charge is -2.38. The molecular weight excluding hydrogens is 614 g/mol. The Morgan fingerprint density at radius 3 is 2.53 bits per heavy atom. The van der Waals surface area contributed by atoms with Gasteiger partial charge in [0.1, 0.15) is 11.6 Å². The first-order chi connectivity index (χ1) is 22.7. The standard InChI is InChI=1S/C35H47N7O4S/c1-35(2)20-17-26-8-5-3-4-6-21-36-29-9-7-10-32(37-29)47(44,45)40-34(43)28-15-16-30(38-33(28)42(26)35)41-22-18-31(39-41)46-23-19-27(24-11-12-24)25-13-14-25/h7,9-10,15-16,18,22,24-27H,3-6,8,11-14,17,19-21,23H2,1-2H3,(H,36,37)(H,40,43). The summed E-state index contributed by atoms with van der Waals surface area (Å²) >= 11 is 0. The molecule has 2 aliphatic carbocycles. The summed E-state index contributed by atoms with van der Waals surface area (Å²) in [6.07, 6.45) is 15.4. The van der Waals surface area contributed by atoms with Crippen LogP contribution < -0.4 is 19.7 Å². The first kappa shape index (κ1) is 31.9. The van der Waals surface area contributed by atoms with Gasteiger partial charge in [-0.2, -0.15) is 8.42 Å². The van der Waals surface area contributed by atoms with Crippen molar-refractivity contribution in [2.75, 3.05) is 23.4 Å². The molecule has 2 saturated carbocycles. The van der Waals surface area contributed by atoms with E-state index in [1.54, 1.807) is 28.9 Å². The zero-order valence-corrected chi connectivity index (χ0v) is 28.3. The number of nitrogens with zero attached hydrogens (tertiary/aromatic N) is 5. The number of sulfonamides is 1. The summed E-state index contributed by atoms with van der Waals surface area (Å²) in [6.45, 7) is 5.68. The average Bonchev–Trinajstić information content (AvgIpc) is 3.99. The van der Waals surface area contributed by atoms with Crippen LogP contribution in [0.2, 0.25) is 0 Å². The molecule has 7 rings (SSSR count). The highest BCUT2D eigenvalue weighted by Gasteiger charge is 2.42. The molecule has 0 radical (unpaired) electrons. The predicted octanol–water partition coefficient (Wildman–Crippen LogP) is 6.11. The van der Waals surface area contributed by atoms with Gasteiger partial charge in [-0.15, -0.1) is 5.10 Å². The highest BCUT2D eigenvalue weighted by atomic mass is 32.2. The van der Waals surface area contributed by atoms with E-state index in [9.17, 15) is 13.2 Å². The van der Waals surface area contributed by atoms with Crippen LogP contribution in [-0.2, 0) is 10.0 Å². The number of carbonyl (C=O) groups is 1. The number of aromatic nitrogens is 4. The number of pyridine rings is 2. The number of amides is 1. The molecule has 3 aromatic heterocycles. The molecule has 4 aliphatic rings. The molecule has 252 valence electrons. The third kappa shape index (κ3) is 7.27. The molecule has 47 heavy (non-hydrogen) atoms. The van der Waals surface area contributed by atoms with E-state index in [1.165, 1.54) is 31.7 Å². The van der Waals surface area contributed by atoms with Gasteiger partial charge in [0, 0.05) is 30.4 Å². The van der Waals surface area contributed by atoms with Crippen LogP contribution in [0.1, 0.15) is 101 Å². The Hall–Kier alpha value is -3.67. The van der Waals surface area contributed by atoms with Gasteiger partial charge in [0.05, 0.1) is 12.2 Å². The third-order valence-corrected chi connectivity index (χ3v) is 11.6. The van der Waals surface area contributed by atoms with Crippen LogP contribution in [0.3, 0.4) is 0 Å². The van der Waals surface area contributed by atoms with Gasteiger partial charge in [0.25, 0.3) is 15.9 Å². The minimum Gasteiger partial charge on any atom is -0.477 e. The van der Waals surface area contributed by atoms with Crippen molar-refractivity contribution in [3.63, 3.8) is 0 Å². The van der Waals surface area contributed by atoms with Gasteiger partial charge in [-0.25, -0.2) is 19.4 Å². The second-order valence-corrected chi connectivity index (χ2v) is 16.0. The number of fused-ring (bicyclic) bond motifs is 5. The molecule has 3 fully saturated rings. The van der Waals surface area contributed by atoms with Crippen molar-refractivity contribution >= 4 is 27.6 Å². The van der Waals surface area contributed by atoms with Crippen LogP contribution in [0.25, 0.3) is 5.82 Å². The molecule has 1 unspecified atom stereocenters. The van der Waals surface area contributed by atoms with E-state index in [0.29, 0.717) is 36.5 Å². The topological polar surface area (TPSA) is 131 Å². The minimum atomic E-state index is -4.24. The summed E-state index contributed by atoms with van der Waals surface area (Å²) in [5, 5.41) is 7.69. The van der Waals surface area contributed by atoms with E-state index in [1.807, 2.05) is 12.3 Å². The van der Waals surface area contributed by atoms with E-state index >= 15 is 0 Å². The maximum atomic E-state index is 13.9. The lowest BCUT2D eigenvalue weighted by molar-refractivity contribution is 0.0981. The summed E-state index contributed by atoms with van der Waals surface area (Å²) in [5.41, 5.74) is -0.0870. The molecule has 12 heteroatoms. The summed E-state index contributed by atoms with van der Waals surface area (Å²) in [4.78, 5) is 25.4. The first-order valence-corrected chi connectivity index (χ1v) is 18.9. The summed E-state index contributed by atoms with van der Waals surface area (Å²) in [7, 11) is -4.24. The molecule has 1 atom stereocenters. The highest BCUT2D eigenvalue weighted by Crippen LogP contribution is 2.50. The maximum absolute atomic E-state index is 13.9. The van der Waals surface area contributed by atoms with Crippen LogP contribution in [-0.4, -0.2) is 58.8 Å². The van der Waals surface area contributed by atoms with Crippen LogP contribution in [0.5, 0.6) is 5.88 Å². The van der Waals surface area contributed by atoms with E-state index in [4.69, 9.17) is 9.72 Å². The molecule has 11 nitrogen and oxygen atoms in total. The number of carbonyl (C=O) groups excluding carboxylic acids is 1.